The van der Waals surface area contributed by atoms with Gasteiger partial charge in [0.05, 0.1) is 6.61 Å². The number of carbonyl (C=O) groups excluding carboxylic acids is 1. The van der Waals surface area contributed by atoms with Crippen LogP contribution in [0.5, 0.6) is 0 Å². The minimum Gasteiger partial charge on any atom is -0.462 e. The Morgan fingerprint density at radius 1 is 1.47 bits per heavy atom. The molecule has 4 heteroatoms. The summed E-state index contributed by atoms with van der Waals surface area (Å²) in [6, 6.07) is 3.70. The summed E-state index contributed by atoms with van der Waals surface area (Å²) >= 11 is 0. The van der Waals surface area contributed by atoms with Crippen molar-refractivity contribution in [1.82, 2.24) is 4.98 Å². The standard InChI is InChI=1S/C13H20N2O2/c1-5-17-13(16)11-7-6-8-14-12(11)15-10(4)9(2)3/h6-10H,5H2,1-4H3,(H,14,15). The third-order valence-corrected chi connectivity index (χ3v) is 2.67. The van der Waals surface area contributed by atoms with Gasteiger partial charge in [0.1, 0.15) is 11.4 Å². The maximum absolute atomic E-state index is 11.7. The third-order valence-electron chi connectivity index (χ3n) is 2.67. The highest BCUT2D eigenvalue weighted by molar-refractivity contribution is 5.94. The van der Waals surface area contributed by atoms with Crippen LogP contribution in [-0.2, 0) is 4.74 Å². The number of carbonyl (C=O) groups is 1. The zero-order valence-electron chi connectivity index (χ0n) is 10.9. The number of nitrogens with zero attached hydrogens (tertiary/aromatic N) is 1. The molecule has 1 heterocycles. The zero-order valence-corrected chi connectivity index (χ0v) is 10.9. The highest BCUT2D eigenvalue weighted by Crippen LogP contribution is 2.16. The summed E-state index contributed by atoms with van der Waals surface area (Å²) in [6.45, 7) is 8.45. The number of rotatable bonds is 5. The first kappa shape index (κ1) is 13.5. The molecule has 1 unspecified atom stereocenters. The fourth-order valence-corrected chi connectivity index (χ4v) is 1.28. The molecule has 1 atom stereocenters. The van der Waals surface area contributed by atoms with E-state index in [4.69, 9.17) is 4.74 Å². The van der Waals surface area contributed by atoms with E-state index in [-0.39, 0.29) is 12.0 Å². The van der Waals surface area contributed by atoms with Crippen molar-refractivity contribution in [3.05, 3.63) is 23.9 Å². The number of ether oxygens (including phenoxy) is 1. The average molecular weight is 236 g/mol. The number of esters is 1. The first-order valence-corrected chi connectivity index (χ1v) is 5.95. The van der Waals surface area contributed by atoms with E-state index in [1.165, 1.54) is 0 Å². The molecule has 0 saturated heterocycles. The van der Waals surface area contributed by atoms with Crippen molar-refractivity contribution in [1.29, 1.82) is 0 Å². The topological polar surface area (TPSA) is 51.2 Å². The Kier molecular flexibility index (Phi) is 4.94. The Labute approximate surface area is 102 Å². The van der Waals surface area contributed by atoms with E-state index >= 15 is 0 Å². The molecule has 17 heavy (non-hydrogen) atoms. The molecule has 0 bridgehead atoms. The second kappa shape index (κ2) is 6.23. The highest BCUT2D eigenvalue weighted by atomic mass is 16.5. The van der Waals surface area contributed by atoms with Crippen LogP contribution < -0.4 is 5.32 Å². The summed E-state index contributed by atoms with van der Waals surface area (Å²) in [6.07, 6.45) is 1.66. The summed E-state index contributed by atoms with van der Waals surface area (Å²) in [5.41, 5.74) is 0.488. The molecule has 0 saturated carbocycles. The Hall–Kier alpha value is -1.58. The van der Waals surface area contributed by atoms with Crippen molar-refractivity contribution in [2.24, 2.45) is 5.92 Å². The molecule has 0 fully saturated rings. The van der Waals surface area contributed by atoms with Crippen LogP contribution in [0.1, 0.15) is 38.1 Å². The average Bonchev–Trinajstić information content (AvgIpc) is 2.29. The minimum absolute atomic E-state index is 0.248. The fraction of sp³-hybridized carbons (Fsp3) is 0.538. The minimum atomic E-state index is -0.334. The predicted molar refractivity (Wildman–Crippen MR) is 68.1 cm³/mol. The van der Waals surface area contributed by atoms with E-state index < -0.39 is 0 Å². The molecule has 1 aromatic heterocycles. The Bertz CT molecular complexity index is 377. The van der Waals surface area contributed by atoms with Crippen molar-refractivity contribution in [2.45, 2.75) is 33.7 Å². The smallest absolute Gasteiger partial charge is 0.341 e. The van der Waals surface area contributed by atoms with Gasteiger partial charge in [0, 0.05) is 12.2 Å². The molecular weight excluding hydrogens is 216 g/mol. The molecular formula is C13H20N2O2. The van der Waals surface area contributed by atoms with E-state index in [1.54, 1.807) is 25.3 Å². The van der Waals surface area contributed by atoms with Gasteiger partial charge in [0.25, 0.3) is 0 Å². The lowest BCUT2D eigenvalue weighted by atomic mass is 10.1. The molecule has 0 aliphatic carbocycles. The lowest BCUT2D eigenvalue weighted by Crippen LogP contribution is -2.24. The van der Waals surface area contributed by atoms with Crippen molar-refractivity contribution >= 4 is 11.8 Å². The summed E-state index contributed by atoms with van der Waals surface area (Å²) in [5.74, 6) is 0.721. The van der Waals surface area contributed by atoms with E-state index in [0.29, 0.717) is 23.9 Å². The molecule has 0 aliphatic heterocycles. The van der Waals surface area contributed by atoms with Crippen LogP contribution >= 0.6 is 0 Å². The Morgan fingerprint density at radius 2 is 2.18 bits per heavy atom. The van der Waals surface area contributed by atoms with Crippen LogP contribution in [0, 0.1) is 5.92 Å². The van der Waals surface area contributed by atoms with Crippen molar-refractivity contribution in [3.8, 4) is 0 Å². The second-order valence-corrected chi connectivity index (χ2v) is 4.30. The van der Waals surface area contributed by atoms with E-state index in [1.807, 2.05) is 0 Å². The van der Waals surface area contributed by atoms with Gasteiger partial charge in [-0.15, -0.1) is 0 Å². The Morgan fingerprint density at radius 3 is 2.76 bits per heavy atom. The lowest BCUT2D eigenvalue weighted by molar-refractivity contribution is 0.0527. The molecule has 0 spiro atoms. The van der Waals surface area contributed by atoms with Crippen LogP contribution in [0.15, 0.2) is 18.3 Å². The van der Waals surface area contributed by atoms with E-state index in [2.05, 4.69) is 31.1 Å². The van der Waals surface area contributed by atoms with E-state index in [0.717, 1.165) is 0 Å². The number of aromatic nitrogens is 1. The SMILES string of the molecule is CCOC(=O)c1cccnc1NC(C)C(C)C. The summed E-state index contributed by atoms with van der Waals surface area (Å²) in [5, 5.41) is 3.24. The van der Waals surface area contributed by atoms with Gasteiger partial charge in [-0.05, 0) is 31.9 Å². The largest absolute Gasteiger partial charge is 0.462 e. The lowest BCUT2D eigenvalue weighted by Gasteiger charge is -2.19. The monoisotopic (exact) mass is 236 g/mol. The molecule has 0 aromatic carbocycles. The summed E-state index contributed by atoms with van der Waals surface area (Å²) in [7, 11) is 0. The highest BCUT2D eigenvalue weighted by Gasteiger charge is 2.15. The Balaban J connectivity index is 2.88. The number of pyridine rings is 1. The molecule has 94 valence electrons. The van der Waals surface area contributed by atoms with Gasteiger partial charge in [-0.25, -0.2) is 9.78 Å². The van der Waals surface area contributed by atoms with Gasteiger partial charge < -0.3 is 10.1 Å². The number of anilines is 1. The number of nitrogens with one attached hydrogen (secondary N) is 1. The number of hydrogen-bond donors (Lipinski definition) is 1. The second-order valence-electron chi connectivity index (χ2n) is 4.30. The summed E-state index contributed by atoms with van der Waals surface area (Å²) < 4.78 is 4.99. The molecule has 1 rings (SSSR count). The van der Waals surface area contributed by atoms with Crippen LogP contribution in [0.25, 0.3) is 0 Å². The van der Waals surface area contributed by atoms with Gasteiger partial charge in [-0.2, -0.15) is 0 Å². The molecule has 1 aromatic rings. The van der Waals surface area contributed by atoms with Crippen LogP contribution in [0.4, 0.5) is 5.82 Å². The maximum Gasteiger partial charge on any atom is 0.341 e. The maximum atomic E-state index is 11.7. The van der Waals surface area contributed by atoms with E-state index in [9.17, 15) is 4.79 Å². The van der Waals surface area contributed by atoms with Crippen molar-refractivity contribution in [3.63, 3.8) is 0 Å². The predicted octanol–water partition coefficient (Wildman–Crippen LogP) is 2.71. The number of hydrogen-bond acceptors (Lipinski definition) is 4. The molecule has 1 N–H and O–H groups in total. The first-order valence-electron chi connectivity index (χ1n) is 5.95. The van der Waals surface area contributed by atoms with Gasteiger partial charge in [-0.1, -0.05) is 13.8 Å². The summed E-state index contributed by atoms with van der Waals surface area (Å²) in [4.78, 5) is 15.9. The van der Waals surface area contributed by atoms with Gasteiger partial charge in [0.15, 0.2) is 0 Å². The normalized spacial score (nSPS) is 12.3. The molecule has 0 amide bonds. The third kappa shape index (κ3) is 3.73. The molecule has 0 radical (unpaired) electrons. The van der Waals surface area contributed by atoms with Crippen LogP contribution in [0.3, 0.4) is 0 Å². The first-order chi connectivity index (χ1) is 8.06. The van der Waals surface area contributed by atoms with Crippen LogP contribution in [-0.4, -0.2) is 23.6 Å². The van der Waals surface area contributed by atoms with Crippen molar-refractivity contribution < 1.29 is 9.53 Å². The van der Waals surface area contributed by atoms with Crippen molar-refractivity contribution in [2.75, 3.05) is 11.9 Å². The van der Waals surface area contributed by atoms with Crippen LogP contribution in [0.2, 0.25) is 0 Å². The van der Waals surface area contributed by atoms with Gasteiger partial charge in [-0.3, -0.25) is 0 Å². The molecule has 0 aliphatic rings. The quantitative estimate of drug-likeness (QED) is 0.799. The van der Waals surface area contributed by atoms with Gasteiger partial charge >= 0.3 is 5.97 Å². The zero-order chi connectivity index (χ0) is 12.8. The molecule has 4 nitrogen and oxygen atoms in total. The fourth-order valence-electron chi connectivity index (χ4n) is 1.28. The van der Waals surface area contributed by atoms with Gasteiger partial charge in [0.2, 0.25) is 0 Å².